The van der Waals surface area contributed by atoms with Gasteiger partial charge >= 0.3 is 0 Å². The number of hydrogen-bond donors (Lipinski definition) is 0. The topological polar surface area (TPSA) is 61.4 Å². The average Bonchev–Trinajstić information content (AvgIpc) is 3.60. The molecule has 0 N–H and O–H groups in total. The monoisotopic (exact) mass is 564 g/mol. The zero-order valence-electron chi connectivity index (χ0n) is 23.5. The summed E-state index contributed by atoms with van der Waals surface area (Å²) in [5, 5.41) is 3.42. The number of aromatic nitrogens is 6. The molecular weight excluding hydrogens is 540 g/mol. The van der Waals surface area contributed by atoms with Crippen molar-refractivity contribution in [2.24, 2.45) is 0 Å². The third-order valence-corrected chi connectivity index (χ3v) is 8.22. The summed E-state index contributed by atoms with van der Waals surface area (Å²) in [4.78, 5) is 20.0. The van der Waals surface area contributed by atoms with E-state index in [1.165, 1.54) is 10.8 Å². The fourth-order valence-corrected chi connectivity index (χ4v) is 6.26. The largest absolute Gasteiger partial charge is 0.309 e. The van der Waals surface area contributed by atoms with Gasteiger partial charge < -0.3 is 4.57 Å². The van der Waals surface area contributed by atoms with Gasteiger partial charge in [0.2, 0.25) is 5.95 Å². The second-order valence-corrected chi connectivity index (χ2v) is 10.8. The molecule has 6 nitrogen and oxygen atoms in total. The van der Waals surface area contributed by atoms with Crippen LogP contribution in [0.3, 0.4) is 0 Å². The molecule has 0 saturated heterocycles. The third kappa shape index (κ3) is 3.75. The Kier molecular flexibility index (Phi) is 5.40. The first-order chi connectivity index (χ1) is 21.8. The summed E-state index contributed by atoms with van der Waals surface area (Å²) in [6, 6.07) is 47.8. The van der Waals surface area contributed by atoms with E-state index >= 15 is 0 Å². The second kappa shape index (κ2) is 9.71. The van der Waals surface area contributed by atoms with E-state index < -0.39 is 0 Å². The van der Waals surface area contributed by atoms with E-state index in [-0.39, 0.29) is 0 Å². The Morgan fingerprint density at radius 3 is 1.70 bits per heavy atom. The first-order valence-electron chi connectivity index (χ1n) is 14.6. The molecular formula is C38H24N6. The van der Waals surface area contributed by atoms with Crippen LogP contribution in [0.5, 0.6) is 0 Å². The Labute approximate surface area is 252 Å². The molecule has 0 aliphatic heterocycles. The van der Waals surface area contributed by atoms with E-state index in [0.29, 0.717) is 17.6 Å². The minimum atomic E-state index is 0.549. The standard InChI is InChI=1S/C38H24N6/c1-4-13-25(14-5-1)36-40-37(26-15-6-2-7-16-26)42-38(41-36)44-32-21-12-22-39-35(32)30-23-29-28-19-10-11-20-31(28)43(33(29)24-34(30)44)27-17-8-3-9-18-27/h1-24H. The molecule has 206 valence electrons. The first kappa shape index (κ1) is 24.5. The predicted octanol–water partition coefficient (Wildman–Crippen LogP) is 8.79. The van der Waals surface area contributed by atoms with Gasteiger partial charge in [-0.05, 0) is 42.5 Å². The molecule has 5 aromatic carbocycles. The molecule has 9 rings (SSSR count). The van der Waals surface area contributed by atoms with Crippen LogP contribution in [0.2, 0.25) is 0 Å². The van der Waals surface area contributed by atoms with E-state index in [1.54, 1.807) is 0 Å². The summed E-state index contributed by atoms with van der Waals surface area (Å²) in [6.07, 6.45) is 1.85. The molecule has 0 fully saturated rings. The molecule has 0 atom stereocenters. The smallest absolute Gasteiger partial charge is 0.238 e. The van der Waals surface area contributed by atoms with Crippen LogP contribution in [-0.2, 0) is 0 Å². The highest BCUT2D eigenvalue weighted by atomic mass is 15.2. The van der Waals surface area contributed by atoms with Crippen LogP contribution in [0.25, 0.3) is 78.2 Å². The van der Waals surface area contributed by atoms with Crippen molar-refractivity contribution in [2.75, 3.05) is 0 Å². The molecule has 44 heavy (non-hydrogen) atoms. The van der Waals surface area contributed by atoms with E-state index in [2.05, 4.69) is 81.9 Å². The maximum absolute atomic E-state index is 5.08. The van der Waals surface area contributed by atoms with Gasteiger partial charge in [0.05, 0.1) is 27.6 Å². The molecule has 0 amide bonds. The second-order valence-electron chi connectivity index (χ2n) is 10.8. The highest BCUT2D eigenvalue weighted by Crippen LogP contribution is 2.38. The summed E-state index contributed by atoms with van der Waals surface area (Å²) >= 11 is 0. The van der Waals surface area contributed by atoms with Gasteiger partial charge in [0.15, 0.2) is 11.6 Å². The summed E-state index contributed by atoms with van der Waals surface area (Å²) in [5.41, 5.74) is 8.06. The molecule has 0 aliphatic carbocycles. The molecule has 0 aliphatic rings. The molecule has 0 radical (unpaired) electrons. The Morgan fingerprint density at radius 1 is 0.409 bits per heavy atom. The van der Waals surface area contributed by atoms with E-state index in [9.17, 15) is 0 Å². The van der Waals surface area contributed by atoms with Crippen LogP contribution in [-0.4, -0.2) is 29.1 Å². The predicted molar refractivity (Wildman–Crippen MR) is 177 cm³/mol. The van der Waals surface area contributed by atoms with E-state index in [0.717, 1.165) is 49.8 Å². The number of para-hydroxylation sites is 2. The lowest BCUT2D eigenvalue weighted by molar-refractivity contribution is 0.953. The van der Waals surface area contributed by atoms with E-state index in [4.69, 9.17) is 19.9 Å². The van der Waals surface area contributed by atoms with Crippen LogP contribution in [0, 0.1) is 0 Å². The van der Waals surface area contributed by atoms with Gasteiger partial charge in [-0.15, -0.1) is 0 Å². The van der Waals surface area contributed by atoms with Crippen molar-refractivity contribution in [1.29, 1.82) is 0 Å². The highest BCUT2D eigenvalue weighted by molar-refractivity contribution is 6.18. The molecule has 6 heteroatoms. The summed E-state index contributed by atoms with van der Waals surface area (Å²) in [5.74, 6) is 1.79. The van der Waals surface area contributed by atoms with Gasteiger partial charge in [-0.1, -0.05) is 97.1 Å². The zero-order chi connectivity index (χ0) is 29.0. The molecule has 4 heterocycles. The highest BCUT2D eigenvalue weighted by Gasteiger charge is 2.21. The Bertz CT molecular complexity index is 2420. The zero-order valence-corrected chi connectivity index (χ0v) is 23.5. The molecule has 0 unspecified atom stereocenters. The normalized spacial score (nSPS) is 11.6. The van der Waals surface area contributed by atoms with Crippen LogP contribution >= 0.6 is 0 Å². The summed E-state index contributed by atoms with van der Waals surface area (Å²) < 4.78 is 4.46. The Balaban J connectivity index is 1.41. The van der Waals surface area contributed by atoms with Gasteiger partial charge in [-0.2, -0.15) is 9.97 Å². The summed E-state index contributed by atoms with van der Waals surface area (Å²) in [7, 11) is 0. The van der Waals surface area contributed by atoms with E-state index in [1.807, 2.05) is 72.9 Å². The quantitative estimate of drug-likeness (QED) is 0.214. The number of rotatable bonds is 4. The maximum atomic E-state index is 5.08. The lowest BCUT2D eigenvalue weighted by Gasteiger charge is -2.11. The minimum absolute atomic E-state index is 0.549. The van der Waals surface area contributed by atoms with Crippen molar-refractivity contribution in [3.05, 3.63) is 146 Å². The van der Waals surface area contributed by atoms with Crippen LogP contribution < -0.4 is 0 Å². The van der Waals surface area contributed by atoms with Crippen molar-refractivity contribution in [3.63, 3.8) is 0 Å². The molecule has 0 bridgehead atoms. The Morgan fingerprint density at radius 2 is 1.00 bits per heavy atom. The van der Waals surface area contributed by atoms with Gasteiger partial charge in [0, 0.05) is 39.2 Å². The van der Waals surface area contributed by atoms with Crippen molar-refractivity contribution in [2.45, 2.75) is 0 Å². The van der Waals surface area contributed by atoms with Crippen LogP contribution in [0.15, 0.2) is 146 Å². The third-order valence-electron chi connectivity index (χ3n) is 8.22. The van der Waals surface area contributed by atoms with Crippen molar-refractivity contribution in [3.8, 4) is 34.4 Å². The minimum Gasteiger partial charge on any atom is -0.309 e. The van der Waals surface area contributed by atoms with Crippen molar-refractivity contribution in [1.82, 2.24) is 29.1 Å². The number of nitrogens with zero attached hydrogens (tertiary/aromatic N) is 6. The number of pyridine rings is 1. The average molecular weight is 565 g/mol. The van der Waals surface area contributed by atoms with Gasteiger partial charge in [-0.3, -0.25) is 9.55 Å². The number of hydrogen-bond acceptors (Lipinski definition) is 4. The first-order valence-corrected chi connectivity index (χ1v) is 14.6. The van der Waals surface area contributed by atoms with Crippen LogP contribution in [0.4, 0.5) is 0 Å². The van der Waals surface area contributed by atoms with Gasteiger partial charge in [0.25, 0.3) is 0 Å². The Hall–Kier alpha value is -6.14. The van der Waals surface area contributed by atoms with Crippen molar-refractivity contribution >= 4 is 43.7 Å². The lowest BCUT2D eigenvalue weighted by atomic mass is 10.1. The van der Waals surface area contributed by atoms with Gasteiger partial charge in [0.1, 0.15) is 0 Å². The lowest BCUT2D eigenvalue weighted by Crippen LogP contribution is -2.06. The molecule has 0 saturated carbocycles. The summed E-state index contributed by atoms with van der Waals surface area (Å²) in [6.45, 7) is 0. The fraction of sp³-hybridized carbons (Fsp3) is 0. The maximum Gasteiger partial charge on any atom is 0.238 e. The molecule has 4 aromatic heterocycles. The molecule has 0 spiro atoms. The fourth-order valence-electron chi connectivity index (χ4n) is 6.26. The number of benzene rings is 5. The SMILES string of the molecule is c1ccc(-c2nc(-c3ccccc3)nc(-n3c4cc5c(cc4c4ncccc43)c3ccccc3n5-c3ccccc3)n2)cc1. The van der Waals surface area contributed by atoms with Crippen LogP contribution in [0.1, 0.15) is 0 Å². The number of fused-ring (bicyclic) bond motifs is 6. The van der Waals surface area contributed by atoms with Crippen molar-refractivity contribution < 1.29 is 0 Å². The van der Waals surface area contributed by atoms with Gasteiger partial charge in [-0.25, -0.2) is 4.98 Å². The molecule has 9 aromatic rings.